The second-order valence-electron chi connectivity index (χ2n) is 5.74. The third-order valence-electron chi connectivity index (χ3n) is 4.17. The number of nitrogens with one attached hydrogen (secondary N) is 1. The van der Waals surface area contributed by atoms with Crippen LogP contribution < -0.4 is 5.32 Å². The standard InChI is InChI=1S/C18H18N2O3S/c1-2-10-18(13-7-4-3-5-8-13)16(22)20(17(23)19-18)12-14(21)15-9-6-11-24-15/h3-9,11H,2,10,12H2,1H3,(H,19,23)/t18-/m0/s1. The lowest BCUT2D eigenvalue weighted by Gasteiger charge is -2.26. The number of nitrogens with zero attached hydrogens (tertiary/aromatic N) is 1. The molecule has 1 fully saturated rings. The minimum Gasteiger partial charge on any atom is -0.319 e. The van der Waals surface area contributed by atoms with Crippen molar-refractivity contribution in [2.45, 2.75) is 25.3 Å². The number of rotatable bonds is 6. The average molecular weight is 342 g/mol. The second kappa shape index (κ2) is 6.57. The predicted molar refractivity (Wildman–Crippen MR) is 91.9 cm³/mol. The molecule has 0 bridgehead atoms. The highest BCUT2D eigenvalue weighted by molar-refractivity contribution is 7.12. The van der Waals surface area contributed by atoms with E-state index in [4.69, 9.17) is 0 Å². The van der Waals surface area contributed by atoms with E-state index in [1.54, 1.807) is 17.5 Å². The third-order valence-corrected chi connectivity index (χ3v) is 5.08. The smallest absolute Gasteiger partial charge is 0.319 e. The summed E-state index contributed by atoms with van der Waals surface area (Å²) in [6, 6.07) is 12.2. The Labute approximate surface area is 144 Å². The van der Waals surface area contributed by atoms with Gasteiger partial charge in [0.05, 0.1) is 11.4 Å². The Morgan fingerprint density at radius 3 is 2.54 bits per heavy atom. The van der Waals surface area contributed by atoms with Crippen LogP contribution in [-0.4, -0.2) is 29.2 Å². The van der Waals surface area contributed by atoms with Gasteiger partial charge in [-0.25, -0.2) is 4.79 Å². The summed E-state index contributed by atoms with van der Waals surface area (Å²) in [5, 5.41) is 4.62. The monoisotopic (exact) mass is 342 g/mol. The molecule has 0 saturated carbocycles. The Morgan fingerprint density at radius 2 is 1.92 bits per heavy atom. The Kier molecular flexibility index (Phi) is 4.49. The molecular weight excluding hydrogens is 324 g/mol. The second-order valence-corrected chi connectivity index (χ2v) is 6.69. The van der Waals surface area contributed by atoms with Gasteiger partial charge >= 0.3 is 6.03 Å². The number of thiophene rings is 1. The molecule has 0 aliphatic carbocycles. The number of urea groups is 1. The number of imide groups is 1. The van der Waals surface area contributed by atoms with Crippen LogP contribution in [0.25, 0.3) is 0 Å². The quantitative estimate of drug-likeness (QED) is 0.648. The Bertz CT molecular complexity index is 758. The molecule has 1 N–H and O–H groups in total. The summed E-state index contributed by atoms with van der Waals surface area (Å²) in [5.41, 5.74) is -0.334. The minimum atomic E-state index is -1.08. The van der Waals surface area contributed by atoms with Crippen LogP contribution in [0.4, 0.5) is 4.79 Å². The number of benzene rings is 1. The van der Waals surface area contributed by atoms with Crippen molar-refractivity contribution in [3.8, 4) is 0 Å². The van der Waals surface area contributed by atoms with Gasteiger partial charge < -0.3 is 5.32 Å². The molecule has 1 aromatic heterocycles. The summed E-state index contributed by atoms with van der Waals surface area (Å²) in [6.07, 6.45) is 1.22. The Hall–Kier alpha value is -2.47. The van der Waals surface area contributed by atoms with Crippen molar-refractivity contribution in [1.29, 1.82) is 0 Å². The Morgan fingerprint density at radius 1 is 1.17 bits per heavy atom. The van der Waals surface area contributed by atoms with E-state index in [0.717, 1.165) is 16.9 Å². The first kappa shape index (κ1) is 16.4. The van der Waals surface area contributed by atoms with E-state index in [2.05, 4.69) is 5.32 Å². The van der Waals surface area contributed by atoms with Gasteiger partial charge in [0.1, 0.15) is 5.54 Å². The van der Waals surface area contributed by atoms with E-state index < -0.39 is 11.6 Å². The molecule has 2 heterocycles. The van der Waals surface area contributed by atoms with Crippen LogP contribution in [0.2, 0.25) is 0 Å². The van der Waals surface area contributed by atoms with Crippen molar-refractivity contribution in [1.82, 2.24) is 10.2 Å². The highest BCUT2D eigenvalue weighted by Gasteiger charge is 2.52. The lowest BCUT2D eigenvalue weighted by molar-refractivity contribution is -0.131. The van der Waals surface area contributed by atoms with Crippen LogP contribution in [0.1, 0.15) is 35.0 Å². The minimum absolute atomic E-state index is 0.228. The number of hydrogen-bond acceptors (Lipinski definition) is 4. The number of ketones is 1. The van der Waals surface area contributed by atoms with E-state index in [9.17, 15) is 14.4 Å². The SMILES string of the molecule is CCC[C@@]1(c2ccccc2)NC(=O)N(CC(=O)c2cccs2)C1=O. The molecular formula is C18H18N2O3S. The summed E-state index contributed by atoms with van der Waals surface area (Å²) in [4.78, 5) is 39.3. The molecule has 1 saturated heterocycles. The first-order valence-electron chi connectivity index (χ1n) is 7.85. The normalized spacial score (nSPS) is 20.3. The van der Waals surface area contributed by atoms with Crippen LogP contribution in [0.15, 0.2) is 47.8 Å². The molecule has 3 rings (SSSR count). The zero-order chi connectivity index (χ0) is 17.2. The zero-order valence-electron chi connectivity index (χ0n) is 13.3. The molecule has 3 amide bonds. The van der Waals surface area contributed by atoms with E-state index >= 15 is 0 Å². The lowest BCUT2D eigenvalue weighted by atomic mass is 9.85. The van der Waals surface area contributed by atoms with Crippen molar-refractivity contribution in [2.24, 2.45) is 0 Å². The van der Waals surface area contributed by atoms with Gasteiger partial charge in [-0.2, -0.15) is 0 Å². The van der Waals surface area contributed by atoms with Crippen LogP contribution in [0.3, 0.4) is 0 Å². The maximum atomic E-state index is 13.0. The van der Waals surface area contributed by atoms with Crippen LogP contribution >= 0.6 is 11.3 Å². The van der Waals surface area contributed by atoms with Crippen LogP contribution in [-0.2, 0) is 10.3 Å². The van der Waals surface area contributed by atoms with Crippen molar-refractivity contribution < 1.29 is 14.4 Å². The summed E-state index contributed by atoms with van der Waals surface area (Å²) in [6.45, 7) is 1.73. The molecule has 1 atom stereocenters. The van der Waals surface area contributed by atoms with E-state index in [0.29, 0.717) is 11.3 Å². The molecule has 0 radical (unpaired) electrons. The molecule has 1 aliphatic rings. The first-order valence-corrected chi connectivity index (χ1v) is 8.73. The largest absolute Gasteiger partial charge is 0.325 e. The number of carbonyl (C=O) groups is 3. The van der Waals surface area contributed by atoms with Crippen molar-refractivity contribution >= 4 is 29.1 Å². The number of carbonyl (C=O) groups excluding carboxylic acids is 3. The molecule has 6 heteroatoms. The maximum absolute atomic E-state index is 13.0. The van der Waals surface area contributed by atoms with Gasteiger partial charge in [0.2, 0.25) is 0 Å². The zero-order valence-corrected chi connectivity index (χ0v) is 14.1. The molecule has 1 aliphatic heterocycles. The summed E-state index contributed by atoms with van der Waals surface area (Å²) < 4.78 is 0. The summed E-state index contributed by atoms with van der Waals surface area (Å²) in [7, 11) is 0. The van der Waals surface area contributed by atoms with E-state index in [-0.39, 0.29) is 18.2 Å². The van der Waals surface area contributed by atoms with Crippen LogP contribution in [0.5, 0.6) is 0 Å². The number of amides is 3. The van der Waals surface area contributed by atoms with E-state index in [1.807, 2.05) is 37.3 Å². The number of Topliss-reactive ketones (excluding diaryl/α,β-unsaturated/α-hetero) is 1. The first-order chi connectivity index (χ1) is 11.6. The van der Waals surface area contributed by atoms with Crippen molar-refractivity contribution in [3.05, 3.63) is 58.3 Å². The van der Waals surface area contributed by atoms with Gasteiger partial charge in [0.25, 0.3) is 5.91 Å². The number of hydrogen-bond donors (Lipinski definition) is 1. The summed E-state index contributed by atoms with van der Waals surface area (Å²) >= 11 is 1.30. The Balaban J connectivity index is 1.90. The van der Waals surface area contributed by atoms with Crippen LogP contribution in [0, 0.1) is 0 Å². The molecule has 5 nitrogen and oxygen atoms in total. The third kappa shape index (κ3) is 2.73. The van der Waals surface area contributed by atoms with Gasteiger partial charge in [-0.05, 0) is 23.4 Å². The molecule has 24 heavy (non-hydrogen) atoms. The lowest BCUT2D eigenvalue weighted by Crippen LogP contribution is -2.44. The van der Waals surface area contributed by atoms with Crippen molar-refractivity contribution in [3.63, 3.8) is 0 Å². The van der Waals surface area contributed by atoms with Gasteiger partial charge in [-0.1, -0.05) is 49.7 Å². The fourth-order valence-corrected chi connectivity index (χ4v) is 3.69. The average Bonchev–Trinajstić information content (AvgIpc) is 3.20. The fraction of sp³-hybridized carbons (Fsp3) is 0.278. The van der Waals surface area contributed by atoms with Gasteiger partial charge in [-0.15, -0.1) is 11.3 Å². The molecule has 0 spiro atoms. The van der Waals surface area contributed by atoms with Gasteiger partial charge in [-0.3, -0.25) is 14.5 Å². The molecule has 0 unspecified atom stereocenters. The molecule has 124 valence electrons. The summed E-state index contributed by atoms with van der Waals surface area (Å²) in [5.74, 6) is -0.584. The molecule has 1 aromatic carbocycles. The highest BCUT2D eigenvalue weighted by Crippen LogP contribution is 2.33. The van der Waals surface area contributed by atoms with Gasteiger partial charge in [0.15, 0.2) is 5.78 Å². The van der Waals surface area contributed by atoms with Gasteiger partial charge in [0, 0.05) is 0 Å². The predicted octanol–water partition coefficient (Wildman–Crippen LogP) is 3.18. The van der Waals surface area contributed by atoms with Crippen molar-refractivity contribution in [2.75, 3.05) is 6.54 Å². The molecule has 2 aromatic rings. The fourth-order valence-electron chi connectivity index (χ4n) is 3.04. The topological polar surface area (TPSA) is 66.5 Å². The van der Waals surface area contributed by atoms with E-state index in [1.165, 1.54) is 11.3 Å². The maximum Gasteiger partial charge on any atom is 0.325 e. The highest BCUT2D eigenvalue weighted by atomic mass is 32.1.